The van der Waals surface area contributed by atoms with Crippen molar-refractivity contribution in [2.24, 2.45) is 0 Å². The van der Waals surface area contributed by atoms with Gasteiger partial charge in [0.05, 0.1) is 0 Å². The van der Waals surface area contributed by atoms with Crippen LogP contribution in [0, 0.1) is 0 Å². The first-order chi connectivity index (χ1) is 10.4. The number of rotatable bonds is 2. The minimum absolute atomic E-state index is 0.633. The highest BCUT2D eigenvalue weighted by Gasteiger charge is 2.20. The zero-order chi connectivity index (χ0) is 14.2. The van der Waals surface area contributed by atoms with Crippen LogP contribution in [0.1, 0.15) is 11.1 Å². The lowest BCUT2D eigenvalue weighted by atomic mass is 9.89. The van der Waals surface area contributed by atoms with Gasteiger partial charge in [-0.1, -0.05) is 42.5 Å². The van der Waals surface area contributed by atoms with Crippen LogP contribution in [-0.4, -0.2) is 5.88 Å². The lowest BCUT2D eigenvalue weighted by Gasteiger charge is -2.23. The molecule has 0 bridgehead atoms. The van der Waals surface area contributed by atoms with E-state index in [1.165, 1.54) is 33.0 Å². The van der Waals surface area contributed by atoms with Crippen LogP contribution < -0.4 is 4.74 Å². The van der Waals surface area contributed by atoms with Crippen LogP contribution in [0.3, 0.4) is 0 Å². The highest BCUT2D eigenvalue weighted by Crippen LogP contribution is 2.41. The van der Waals surface area contributed by atoms with E-state index in [0.717, 1.165) is 12.2 Å². The first-order valence-electron chi connectivity index (χ1n) is 7.20. The van der Waals surface area contributed by atoms with Gasteiger partial charge < -0.3 is 4.74 Å². The zero-order valence-corrected chi connectivity index (χ0v) is 12.4. The number of para-hydroxylation sites is 1. The fourth-order valence-electron chi connectivity index (χ4n) is 3.18. The summed E-state index contributed by atoms with van der Waals surface area (Å²) in [7, 11) is 0. The molecule has 0 N–H and O–H groups in total. The van der Waals surface area contributed by atoms with Crippen molar-refractivity contribution in [1.29, 1.82) is 0 Å². The van der Waals surface area contributed by atoms with Gasteiger partial charge in [0, 0.05) is 17.0 Å². The predicted octanol–water partition coefficient (Wildman–Crippen LogP) is 5.18. The van der Waals surface area contributed by atoms with Crippen molar-refractivity contribution in [2.75, 3.05) is 5.88 Å². The maximum Gasteiger partial charge on any atom is 0.127 e. The first-order valence-corrected chi connectivity index (χ1v) is 7.73. The van der Waals surface area contributed by atoms with Gasteiger partial charge in [0.15, 0.2) is 0 Å². The van der Waals surface area contributed by atoms with Crippen molar-refractivity contribution in [2.45, 2.75) is 13.0 Å². The standard InChI is InChI=1S/C19H15ClO/c20-10-9-13-11-17-16-7-3-4-8-19(16)21-12-18(17)15-6-2-1-5-14(13)15/h1-8,11H,9-10,12H2. The number of alkyl halides is 1. The largest absolute Gasteiger partial charge is 0.488 e. The van der Waals surface area contributed by atoms with Crippen molar-refractivity contribution in [1.82, 2.24) is 0 Å². The molecule has 1 heterocycles. The van der Waals surface area contributed by atoms with Gasteiger partial charge >= 0.3 is 0 Å². The number of aryl methyl sites for hydroxylation is 1. The molecule has 4 rings (SSSR count). The lowest BCUT2D eigenvalue weighted by molar-refractivity contribution is 0.304. The molecule has 0 saturated carbocycles. The van der Waals surface area contributed by atoms with Crippen LogP contribution in [0.2, 0.25) is 0 Å². The van der Waals surface area contributed by atoms with E-state index in [0.29, 0.717) is 12.5 Å². The van der Waals surface area contributed by atoms with E-state index in [-0.39, 0.29) is 0 Å². The molecule has 1 nitrogen and oxygen atoms in total. The number of benzene rings is 3. The fourth-order valence-corrected chi connectivity index (χ4v) is 3.38. The third-order valence-electron chi connectivity index (χ3n) is 4.15. The number of fused-ring (bicyclic) bond motifs is 5. The van der Waals surface area contributed by atoms with Crippen LogP contribution in [0.4, 0.5) is 0 Å². The van der Waals surface area contributed by atoms with Gasteiger partial charge in [-0.05, 0) is 40.5 Å². The van der Waals surface area contributed by atoms with Gasteiger partial charge in [0.25, 0.3) is 0 Å². The lowest BCUT2D eigenvalue weighted by Crippen LogP contribution is -2.07. The summed E-state index contributed by atoms with van der Waals surface area (Å²) >= 11 is 6.00. The van der Waals surface area contributed by atoms with Crippen LogP contribution >= 0.6 is 11.6 Å². The summed E-state index contributed by atoms with van der Waals surface area (Å²) in [6, 6.07) is 19.1. The fraction of sp³-hybridized carbons (Fsp3) is 0.158. The van der Waals surface area contributed by atoms with Crippen molar-refractivity contribution in [3.8, 4) is 16.9 Å². The van der Waals surface area contributed by atoms with Gasteiger partial charge in [0.1, 0.15) is 12.4 Å². The summed E-state index contributed by atoms with van der Waals surface area (Å²) < 4.78 is 5.93. The minimum atomic E-state index is 0.633. The molecular formula is C19H15ClO. The Morgan fingerprint density at radius 1 is 0.905 bits per heavy atom. The topological polar surface area (TPSA) is 9.23 Å². The van der Waals surface area contributed by atoms with E-state index < -0.39 is 0 Å². The minimum Gasteiger partial charge on any atom is -0.488 e. The average molecular weight is 295 g/mol. The SMILES string of the molecule is ClCCc1cc2c(c3ccccc13)COc1ccccc1-2. The molecule has 0 amide bonds. The second-order valence-electron chi connectivity index (χ2n) is 5.33. The second kappa shape index (κ2) is 5.09. The van der Waals surface area contributed by atoms with E-state index in [1.54, 1.807) is 0 Å². The summed E-state index contributed by atoms with van der Waals surface area (Å²) in [4.78, 5) is 0. The van der Waals surface area contributed by atoms with E-state index in [4.69, 9.17) is 16.3 Å². The van der Waals surface area contributed by atoms with Crippen molar-refractivity contribution in [3.63, 3.8) is 0 Å². The van der Waals surface area contributed by atoms with Crippen LogP contribution in [0.5, 0.6) is 5.75 Å². The number of ether oxygens (including phenoxy) is 1. The quantitative estimate of drug-likeness (QED) is 0.592. The van der Waals surface area contributed by atoms with Gasteiger partial charge in [-0.15, -0.1) is 11.6 Å². The molecule has 21 heavy (non-hydrogen) atoms. The number of hydrogen-bond donors (Lipinski definition) is 0. The summed E-state index contributed by atoms with van der Waals surface area (Å²) in [5, 5.41) is 2.57. The van der Waals surface area contributed by atoms with Crippen LogP contribution in [-0.2, 0) is 13.0 Å². The summed E-state index contributed by atoms with van der Waals surface area (Å²) in [6.07, 6.45) is 0.887. The third kappa shape index (κ3) is 2.00. The Hall–Kier alpha value is -1.99. The Labute approximate surface area is 129 Å². The summed E-state index contributed by atoms with van der Waals surface area (Å²) in [5.74, 6) is 1.61. The van der Waals surface area contributed by atoms with Crippen molar-refractivity contribution >= 4 is 22.4 Å². The van der Waals surface area contributed by atoms with Crippen molar-refractivity contribution < 1.29 is 4.74 Å². The Bertz CT molecular complexity index is 823. The molecule has 0 aliphatic carbocycles. The monoisotopic (exact) mass is 294 g/mol. The molecule has 0 aromatic heterocycles. The molecule has 0 unspecified atom stereocenters. The highest BCUT2D eigenvalue weighted by atomic mass is 35.5. The second-order valence-corrected chi connectivity index (χ2v) is 5.71. The van der Waals surface area contributed by atoms with E-state index in [1.807, 2.05) is 12.1 Å². The maximum atomic E-state index is 6.00. The predicted molar refractivity (Wildman–Crippen MR) is 88.1 cm³/mol. The number of hydrogen-bond acceptors (Lipinski definition) is 1. The summed E-state index contributed by atoms with van der Waals surface area (Å²) in [5.41, 5.74) is 5.06. The van der Waals surface area contributed by atoms with Gasteiger partial charge in [-0.3, -0.25) is 0 Å². The molecule has 2 heteroatoms. The molecule has 0 radical (unpaired) electrons. The Kier molecular flexibility index (Phi) is 3.08. The molecule has 0 fully saturated rings. The Morgan fingerprint density at radius 3 is 2.52 bits per heavy atom. The Morgan fingerprint density at radius 2 is 1.67 bits per heavy atom. The van der Waals surface area contributed by atoms with E-state index in [9.17, 15) is 0 Å². The maximum absolute atomic E-state index is 6.00. The summed E-state index contributed by atoms with van der Waals surface area (Å²) in [6.45, 7) is 0.633. The van der Waals surface area contributed by atoms with Gasteiger partial charge in [-0.25, -0.2) is 0 Å². The van der Waals surface area contributed by atoms with Gasteiger partial charge in [-0.2, -0.15) is 0 Å². The molecule has 104 valence electrons. The van der Waals surface area contributed by atoms with E-state index in [2.05, 4.69) is 42.5 Å². The third-order valence-corrected chi connectivity index (χ3v) is 4.34. The van der Waals surface area contributed by atoms with Crippen molar-refractivity contribution in [3.05, 3.63) is 65.7 Å². The van der Waals surface area contributed by atoms with Crippen LogP contribution in [0.25, 0.3) is 21.9 Å². The zero-order valence-electron chi connectivity index (χ0n) is 11.6. The normalized spacial score (nSPS) is 12.6. The first kappa shape index (κ1) is 12.7. The van der Waals surface area contributed by atoms with Crippen LogP contribution in [0.15, 0.2) is 54.6 Å². The highest BCUT2D eigenvalue weighted by molar-refractivity contribution is 6.18. The molecule has 1 aliphatic heterocycles. The average Bonchev–Trinajstić information content (AvgIpc) is 2.55. The molecule has 0 spiro atoms. The number of halogens is 1. The molecule has 0 saturated heterocycles. The molecule has 1 aliphatic rings. The molecule has 3 aromatic rings. The smallest absolute Gasteiger partial charge is 0.127 e. The molecule has 0 atom stereocenters. The van der Waals surface area contributed by atoms with Gasteiger partial charge in [0.2, 0.25) is 0 Å². The molecular weight excluding hydrogens is 280 g/mol. The Balaban J connectivity index is 2.06. The molecule has 3 aromatic carbocycles. The van der Waals surface area contributed by atoms with E-state index >= 15 is 0 Å².